The van der Waals surface area contributed by atoms with Crippen molar-refractivity contribution in [2.24, 2.45) is 0 Å². The van der Waals surface area contributed by atoms with E-state index in [0.29, 0.717) is 11.3 Å². The van der Waals surface area contributed by atoms with Crippen LogP contribution in [0.1, 0.15) is 15.9 Å². The van der Waals surface area contributed by atoms with Gasteiger partial charge in [0.15, 0.2) is 0 Å². The van der Waals surface area contributed by atoms with Gasteiger partial charge < -0.3 is 10.1 Å². The molecule has 3 aromatic carbocycles. The largest absolute Gasteiger partial charge is 0.465 e. The van der Waals surface area contributed by atoms with Gasteiger partial charge in [0.25, 0.3) is 10.0 Å². The summed E-state index contributed by atoms with van der Waals surface area (Å²) in [6, 6.07) is 18.9. The third-order valence-electron chi connectivity index (χ3n) is 4.67. The summed E-state index contributed by atoms with van der Waals surface area (Å²) in [5, 5.41) is 2.86. The minimum atomic E-state index is -4.09. The molecule has 166 valence electrons. The number of esters is 1. The number of para-hydroxylation sites is 1. The van der Waals surface area contributed by atoms with E-state index in [2.05, 4.69) is 5.32 Å². The van der Waals surface area contributed by atoms with Crippen LogP contribution in [0.15, 0.2) is 77.7 Å². The number of rotatable bonds is 7. The van der Waals surface area contributed by atoms with E-state index in [1.807, 2.05) is 0 Å². The van der Waals surface area contributed by atoms with Gasteiger partial charge in [-0.2, -0.15) is 0 Å². The lowest BCUT2D eigenvalue weighted by molar-refractivity contribution is -0.114. The third-order valence-corrected chi connectivity index (χ3v) is 6.77. The summed E-state index contributed by atoms with van der Waals surface area (Å²) >= 11 is 6.26. The Labute approximate surface area is 191 Å². The molecule has 0 fully saturated rings. The molecule has 1 amide bonds. The van der Waals surface area contributed by atoms with Crippen LogP contribution >= 0.6 is 11.6 Å². The highest BCUT2D eigenvalue weighted by Gasteiger charge is 2.28. The fourth-order valence-electron chi connectivity index (χ4n) is 2.99. The average Bonchev–Trinajstić information content (AvgIpc) is 2.79. The van der Waals surface area contributed by atoms with Gasteiger partial charge in [0.2, 0.25) is 5.91 Å². The van der Waals surface area contributed by atoms with Crippen molar-refractivity contribution < 1.29 is 22.7 Å². The number of nitrogens with one attached hydrogen (secondary N) is 1. The minimum absolute atomic E-state index is 0.0246. The van der Waals surface area contributed by atoms with Crippen molar-refractivity contribution in [1.82, 2.24) is 0 Å². The summed E-state index contributed by atoms with van der Waals surface area (Å²) in [4.78, 5) is 24.8. The van der Waals surface area contributed by atoms with Gasteiger partial charge in [-0.1, -0.05) is 48.0 Å². The summed E-state index contributed by atoms with van der Waals surface area (Å²) in [7, 11) is -2.83. The van der Waals surface area contributed by atoms with Crippen molar-refractivity contribution in [1.29, 1.82) is 0 Å². The molecule has 0 bridgehead atoms. The van der Waals surface area contributed by atoms with Crippen LogP contribution in [0.5, 0.6) is 0 Å². The van der Waals surface area contributed by atoms with Crippen LogP contribution in [0.2, 0.25) is 5.02 Å². The normalized spacial score (nSPS) is 11.0. The molecule has 3 rings (SSSR count). The van der Waals surface area contributed by atoms with Gasteiger partial charge in [-0.3, -0.25) is 9.10 Å². The van der Waals surface area contributed by atoms with Crippen molar-refractivity contribution in [2.45, 2.75) is 11.8 Å². The minimum Gasteiger partial charge on any atom is -0.465 e. The number of methoxy groups -OCH3 is 1. The number of ether oxygens (including phenoxy) is 1. The van der Waals surface area contributed by atoms with Gasteiger partial charge in [-0.15, -0.1) is 0 Å². The smallest absolute Gasteiger partial charge is 0.337 e. The van der Waals surface area contributed by atoms with Crippen molar-refractivity contribution in [3.8, 4) is 0 Å². The van der Waals surface area contributed by atoms with E-state index in [1.165, 1.54) is 31.4 Å². The second-order valence-electron chi connectivity index (χ2n) is 6.85. The maximum atomic E-state index is 13.3. The van der Waals surface area contributed by atoms with Gasteiger partial charge in [-0.25, -0.2) is 13.2 Å². The van der Waals surface area contributed by atoms with Crippen molar-refractivity contribution in [3.05, 3.63) is 88.9 Å². The number of carbonyl (C=O) groups excluding carboxylic acids is 2. The van der Waals surface area contributed by atoms with Gasteiger partial charge in [0.1, 0.15) is 6.54 Å². The summed E-state index contributed by atoms with van der Waals surface area (Å²) in [6.45, 7) is 1.23. The van der Waals surface area contributed by atoms with Gasteiger partial charge in [-0.05, 0) is 48.9 Å². The van der Waals surface area contributed by atoms with E-state index < -0.39 is 28.4 Å². The monoisotopic (exact) mass is 472 g/mol. The Hall–Kier alpha value is -3.36. The molecule has 7 nitrogen and oxygen atoms in total. The summed E-state index contributed by atoms with van der Waals surface area (Å²) in [6.07, 6.45) is 0. The maximum absolute atomic E-state index is 13.3. The van der Waals surface area contributed by atoms with Gasteiger partial charge in [0, 0.05) is 5.69 Å². The first-order valence-electron chi connectivity index (χ1n) is 9.55. The lowest BCUT2D eigenvalue weighted by Gasteiger charge is -2.25. The van der Waals surface area contributed by atoms with E-state index in [4.69, 9.17) is 16.3 Å². The Morgan fingerprint density at radius 2 is 1.66 bits per heavy atom. The lowest BCUT2D eigenvalue weighted by atomic mass is 10.1. The number of sulfonamides is 1. The number of hydrogen-bond acceptors (Lipinski definition) is 5. The molecule has 0 radical (unpaired) electrons. The van der Waals surface area contributed by atoms with E-state index >= 15 is 0 Å². The van der Waals surface area contributed by atoms with Crippen LogP contribution in [0, 0.1) is 6.92 Å². The van der Waals surface area contributed by atoms with Gasteiger partial charge >= 0.3 is 5.97 Å². The van der Waals surface area contributed by atoms with Crippen LogP contribution in [-0.2, 0) is 19.6 Å². The first-order chi connectivity index (χ1) is 15.2. The molecular formula is C23H21ClN2O5S. The van der Waals surface area contributed by atoms with Gasteiger partial charge in [0.05, 0.1) is 28.3 Å². The second kappa shape index (κ2) is 9.84. The summed E-state index contributed by atoms with van der Waals surface area (Å²) < 4.78 is 32.4. The molecule has 9 heteroatoms. The number of nitrogens with zero attached hydrogens (tertiary/aromatic N) is 1. The zero-order valence-corrected chi connectivity index (χ0v) is 19.0. The Morgan fingerprint density at radius 1 is 1.00 bits per heavy atom. The fourth-order valence-corrected chi connectivity index (χ4v) is 4.74. The number of anilines is 2. The van der Waals surface area contributed by atoms with E-state index in [0.717, 1.165) is 4.31 Å². The Balaban J connectivity index is 1.95. The number of benzene rings is 3. The Morgan fingerprint density at radius 3 is 2.31 bits per heavy atom. The lowest BCUT2D eigenvalue weighted by Crippen LogP contribution is -2.38. The van der Waals surface area contributed by atoms with Crippen LogP contribution in [0.4, 0.5) is 11.4 Å². The van der Waals surface area contributed by atoms with E-state index in [1.54, 1.807) is 55.5 Å². The van der Waals surface area contributed by atoms with Crippen LogP contribution in [0.3, 0.4) is 0 Å². The predicted octanol–water partition coefficient (Wildman–Crippen LogP) is 4.27. The van der Waals surface area contributed by atoms with E-state index in [-0.39, 0.29) is 21.2 Å². The molecule has 32 heavy (non-hydrogen) atoms. The number of halogens is 1. The molecule has 1 N–H and O–H groups in total. The van der Waals surface area contributed by atoms with Crippen LogP contribution in [0.25, 0.3) is 0 Å². The van der Waals surface area contributed by atoms with Crippen molar-refractivity contribution in [3.63, 3.8) is 0 Å². The molecule has 0 aromatic heterocycles. The zero-order valence-electron chi connectivity index (χ0n) is 17.4. The maximum Gasteiger partial charge on any atom is 0.337 e. The molecular weight excluding hydrogens is 452 g/mol. The van der Waals surface area contributed by atoms with E-state index in [9.17, 15) is 18.0 Å². The molecule has 0 atom stereocenters. The molecule has 0 aliphatic heterocycles. The summed E-state index contributed by atoms with van der Waals surface area (Å²) in [5.41, 5.74) is 1.50. The molecule has 0 heterocycles. The first kappa shape index (κ1) is 23.3. The first-order valence-corrected chi connectivity index (χ1v) is 11.4. The molecule has 0 aliphatic rings. The molecule has 0 saturated carbocycles. The number of amides is 1. The molecule has 0 saturated heterocycles. The molecule has 0 unspecified atom stereocenters. The second-order valence-corrected chi connectivity index (χ2v) is 9.12. The third kappa shape index (κ3) is 5.09. The molecule has 0 spiro atoms. The average molecular weight is 473 g/mol. The SMILES string of the molecule is COC(=O)c1ccc(C)c(NC(=O)CN(c2ccccc2Cl)S(=O)(=O)c2ccccc2)c1. The van der Waals surface area contributed by atoms with Crippen LogP contribution in [-0.4, -0.2) is 33.9 Å². The Bertz CT molecular complexity index is 1250. The number of aryl methyl sites for hydroxylation is 1. The highest BCUT2D eigenvalue weighted by Crippen LogP contribution is 2.30. The number of carbonyl (C=O) groups is 2. The van der Waals surface area contributed by atoms with Crippen LogP contribution < -0.4 is 9.62 Å². The quantitative estimate of drug-likeness (QED) is 0.518. The van der Waals surface area contributed by atoms with Crippen molar-refractivity contribution in [2.75, 3.05) is 23.3 Å². The van der Waals surface area contributed by atoms with Crippen molar-refractivity contribution >= 4 is 44.9 Å². The topological polar surface area (TPSA) is 92.8 Å². The molecule has 3 aromatic rings. The predicted molar refractivity (Wildman–Crippen MR) is 124 cm³/mol. The molecule has 0 aliphatic carbocycles. The summed E-state index contributed by atoms with van der Waals surface area (Å²) in [5.74, 6) is -1.15. The standard InChI is InChI=1S/C23H21ClN2O5S/c1-16-12-13-17(23(28)31-2)14-20(16)25-22(27)15-26(21-11-7-6-10-19(21)24)32(29,30)18-8-4-3-5-9-18/h3-14H,15H2,1-2H3,(H,25,27). The fraction of sp³-hybridized carbons (Fsp3) is 0.130. The highest BCUT2D eigenvalue weighted by atomic mass is 35.5. The zero-order chi connectivity index (χ0) is 23.3. The highest BCUT2D eigenvalue weighted by molar-refractivity contribution is 7.92. The number of hydrogen-bond donors (Lipinski definition) is 1. The Kier molecular flexibility index (Phi) is 7.17.